The third-order valence-electron chi connectivity index (χ3n) is 5.55. The number of aliphatic carboxylic acids is 2. The van der Waals surface area contributed by atoms with E-state index in [1.165, 1.54) is 24.3 Å². The van der Waals surface area contributed by atoms with Crippen molar-refractivity contribution in [2.75, 3.05) is 6.54 Å². The molecule has 0 heterocycles. The lowest BCUT2D eigenvalue weighted by atomic mass is 9.99. The first kappa shape index (κ1) is 31.3. The summed E-state index contributed by atoms with van der Waals surface area (Å²) in [5, 5.41) is 35.3. The summed E-state index contributed by atoms with van der Waals surface area (Å²) in [7, 11) is 0. The zero-order chi connectivity index (χ0) is 28.1. The van der Waals surface area contributed by atoms with Gasteiger partial charge in [-0.05, 0) is 49.4 Å². The van der Waals surface area contributed by atoms with Gasteiger partial charge in [0.05, 0.1) is 12.5 Å². The van der Waals surface area contributed by atoms with Crippen molar-refractivity contribution in [2.45, 2.75) is 70.1 Å². The summed E-state index contributed by atoms with van der Waals surface area (Å²) in [5.74, 6) is -5.30. The van der Waals surface area contributed by atoms with Crippen LogP contribution in [0.25, 0.3) is 0 Å². The molecule has 1 aromatic rings. The molecule has 0 radical (unpaired) electrons. The topological polar surface area (TPSA) is 234 Å². The van der Waals surface area contributed by atoms with E-state index in [-0.39, 0.29) is 18.6 Å². The molecule has 4 unspecified atom stereocenters. The first-order chi connectivity index (χ1) is 17.3. The first-order valence-corrected chi connectivity index (χ1v) is 11.9. The van der Waals surface area contributed by atoms with Gasteiger partial charge in [-0.15, -0.1) is 0 Å². The van der Waals surface area contributed by atoms with Crippen molar-refractivity contribution in [3.63, 3.8) is 0 Å². The molecule has 4 atom stereocenters. The molecule has 0 aliphatic rings. The molecule has 0 bridgehead atoms. The van der Waals surface area contributed by atoms with Crippen LogP contribution in [0, 0.1) is 5.92 Å². The lowest BCUT2D eigenvalue weighted by Gasteiger charge is -2.27. The molecule has 0 saturated carbocycles. The fourth-order valence-electron chi connectivity index (χ4n) is 3.44. The van der Waals surface area contributed by atoms with E-state index >= 15 is 0 Å². The third kappa shape index (κ3) is 11.3. The fourth-order valence-corrected chi connectivity index (χ4v) is 3.44. The van der Waals surface area contributed by atoms with E-state index in [1.807, 2.05) is 0 Å². The van der Waals surface area contributed by atoms with E-state index in [9.17, 15) is 34.2 Å². The average Bonchev–Trinajstić information content (AvgIpc) is 2.81. The summed E-state index contributed by atoms with van der Waals surface area (Å²) in [6.45, 7) is 3.70. The number of benzene rings is 1. The molecule has 13 heteroatoms. The van der Waals surface area contributed by atoms with Crippen LogP contribution in [0.4, 0.5) is 0 Å². The van der Waals surface area contributed by atoms with E-state index in [1.54, 1.807) is 13.8 Å². The molecule has 37 heavy (non-hydrogen) atoms. The number of amides is 3. The number of carbonyl (C=O) groups excluding carboxylic acids is 3. The number of hydrogen-bond acceptors (Lipinski definition) is 8. The number of carboxylic acid groups (broad SMARTS) is 2. The number of phenolic OH excluding ortho intramolecular Hbond substituents is 1. The van der Waals surface area contributed by atoms with E-state index in [4.69, 9.17) is 16.6 Å². The standard InChI is InChI=1S/C24H37N5O8/c1-13(2)20(23(35)27-17(24(36)37)5-3-4-10-25)29-22(34)18(11-14-6-8-15(30)9-7-14)28-21(33)16(26)12-19(31)32/h6-9,13,16-18,20,30H,3-5,10-12,25-26H2,1-2H3,(H,27,35)(H,28,33)(H,29,34)(H,31,32)(H,36,37). The zero-order valence-electron chi connectivity index (χ0n) is 21.0. The van der Waals surface area contributed by atoms with E-state index < -0.39 is 66.2 Å². The molecule has 0 aliphatic carbocycles. The minimum absolute atomic E-state index is 0.00624. The van der Waals surface area contributed by atoms with E-state index in [0.29, 0.717) is 24.9 Å². The van der Waals surface area contributed by atoms with Crippen LogP contribution >= 0.6 is 0 Å². The average molecular weight is 524 g/mol. The molecule has 1 aromatic carbocycles. The van der Waals surface area contributed by atoms with Crippen molar-refractivity contribution in [3.05, 3.63) is 29.8 Å². The maximum absolute atomic E-state index is 13.2. The third-order valence-corrected chi connectivity index (χ3v) is 5.55. The van der Waals surface area contributed by atoms with E-state index in [2.05, 4.69) is 16.0 Å². The van der Waals surface area contributed by atoms with Gasteiger partial charge in [-0.25, -0.2) is 4.79 Å². The minimum Gasteiger partial charge on any atom is -0.508 e. The van der Waals surface area contributed by atoms with Crippen molar-refractivity contribution in [3.8, 4) is 5.75 Å². The Labute approximate surface area is 215 Å². The Balaban J connectivity index is 3.07. The van der Waals surface area contributed by atoms with Gasteiger partial charge >= 0.3 is 11.9 Å². The summed E-state index contributed by atoms with van der Waals surface area (Å²) in [6, 6.07) is 0.892. The number of nitrogens with two attached hydrogens (primary N) is 2. The summed E-state index contributed by atoms with van der Waals surface area (Å²) in [4.78, 5) is 61.1. The highest BCUT2D eigenvalue weighted by Gasteiger charge is 2.32. The van der Waals surface area contributed by atoms with Crippen LogP contribution in [0.2, 0.25) is 0 Å². The second-order valence-electron chi connectivity index (χ2n) is 9.05. The van der Waals surface area contributed by atoms with Gasteiger partial charge in [-0.1, -0.05) is 26.0 Å². The molecular weight excluding hydrogens is 486 g/mol. The monoisotopic (exact) mass is 523 g/mol. The Hall–Kier alpha value is -3.71. The van der Waals surface area contributed by atoms with Crippen LogP contribution < -0.4 is 27.4 Å². The van der Waals surface area contributed by atoms with Gasteiger partial charge in [0.1, 0.15) is 23.9 Å². The van der Waals surface area contributed by atoms with Gasteiger partial charge in [-0.2, -0.15) is 0 Å². The predicted octanol–water partition coefficient (Wildman–Crippen LogP) is -0.939. The van der Waals surface area contributed by atoms with E-state index in [0.717, 1.165) is 0 Å². The molecule has 0 saturated heterocycles. The molecule has 0 aromatic heterocycles. The molecule has 0 fully saturated rings. The largest absolute Gasteiger partial charge is 0.508 e. The van der Waals surface area contributed by atoms with Crippen molar-refractivity contribution in [2.24, 2.45) is 17.4 Å². The smallest absolute Gasteiger partial charge is 0.326 e. The molecule has 206 valence electrons. The number of hydrogen-bond donors (Lipinski definition) is 8. The lowest BCUT2D eigenvalue weighted by Crippen LogP contribution is -2.59. The molecule has 10 N–H and O–H groups in total. The maximum atomic E-state index is 13.2. The van der Waals surface area contributed by atoms with Crippen LogP contribution in [-0.4, -0.2) is 75.7 Å². The van der Waals surface area contributed by atoms with Gasteiger partial charge in [-0.3, -0.25) is 19.2 Å². The maximum Gasteiger partial charge on any atom is 0.326 e. The van der Waals surface area contributed by atoms with Crippen molar-refractivity contribution in [1.29, 1.82) is 0 Å². The molecule has 13 nitrogen and oxygen atoms in total. The second kappa shape index (κ2) is 15.4. The van der Waals surface area contributed by atoms with Crippen LogP contribution in [0.5, 0.6) is 5.75 Å². The van der Waals surface area contributed by atoms with Crippen LogP contribution in [-0.2, 0) is 30.4 Å². The van der Waals surface area contributed by atoms with Crippen molar-refractivity contribution >= 4 is 29.7 Å². The summed E-state index contributed by atoms with van der Waals surface area (Å²) in [5.41, 5.74) is 11.6. The zero-order valence-corrected chi connectivity index (χ0v) is 21.0. The lowest BCUT2D eigenvalue weighted by molar-refractivity contribution is -0.142. The Bertz CT molecular complexity index is 938. The molecule has 3 amide bonds. The van der Waals surface area contributed by atoms with Crippen LogP contribution in [0.3, 0.4) is 0 Å². The summed E-state index contributed by atoms with van der Waals surface area (Å²) >= 11 is 0. The predicted molar refractivity (Wildman–Crippen MR) is 133 cm³/mol. The fraction of sp³-hybridized carbons (Fsp3) is 0.542. The molecule has 0 aliphatic heterocycles. The van der Waals surface area contributed by atoms with Gasteiger partial charge in [0, 0.05) is 6.42 Å². The van der Waals surface area contributed by atoms with Crippen LogP contribution in [0.15, 0.2) is 24.3 Å². The minimum atomic E-state index is -1.42. The number of unbranched alkanes of at least 4 members (excludes halogenated alkanes) is 1. The second-order valence-corrected chi connectivity index (χ2v) is 9.05. The highest BCUT2D eigenvalue weighted by molar-refractivity contribution is 5.95. The number of carboxylic acids is 2. The molecule has 1 rings (SSSR count). The quantitative estimate of drug-likeness (QED) is 0.124. The van der Waals surface area contributed by atoms with Gasteiger partial charge in [0.2, 0.25) is 17.7 Å². The Kier molecular flexibility index (Phi) is 13.0. The number of nitrogens with one attached hydrogen (secondary N) is 3. The summed E-state index contributed by atoms with van der Waals surface area (Å²) < 4.78 is 0. The van der Waals surface area contributed by atoms with Crippen LogP contribution in [0.1, 0.15) is 45.1 Å². The number of carbonyl (C=O) groups is 5. The molecule has 0 spiro atoms. The Morgan fingerprint density at radius 1 is 0.865 bits per heavy atom. The number of phenols is 1. The van der Waals surface area contributed by atoms with Crippen molar-refractivity contribution < 1.29 is 39.3 Å². The molecular formula is C24H37N5O8. The van der Waals surface area contributed by atoms with Gasteiger partial charge in [0.25, 0.3) is 0 Å². The number of aromatic hydroxyl groups is 1. The Morgan fingerprint density at radius 3 is 1.97 bits per heavy atom. The SMILES string of the molecule is CC(C)C(NC(=O)C(Cc1ccc(O)cc1)NC(=O)C(N)CC(=O)O)C(=O)NC(CCCCN)C(=O)O. The Morgan fingerprint density at radius 2 is 1.46 bits per heavy atom. The highest BCUT2D eigenvalue weighted by Crippen LogP contribution is 2.13. The van der Waals surface area contributed by atoms with Gasteiger partial charge in [0.15, 0.2) is 0 Å². The first-order valence-electron chi connectivity index (χ1n) is 11.9. The summed E-state index contributed by atoms with van der Waals surface area (Å²) in [6.07, 6.45) is 0.534. The normalized spacial score (nSPS) is 14.2. The van der Waals surface area contributed by atoms with Gasteiger partial charge < -0.3 is 42.7 Å². The van der Waals surface area contributed by atoms with Crippen molar-refractivity contribution in [1.82, 2.24) is 16.0 Å². The highest BCUT2D eigenvalue weighted by atomic mass is 16.4. The number of rotatable bonds is 16.